The average molecular weight is 234 g/mol. The lowest BCUT2D eigenvalue weighted by Crippen LogP contribution is -2.56. The van der Waals surface area contributed by atoms with E-state index < -0.39 is 0 Å². The van der Waals surface area contributed by atoms with Crippen LogP contribution in [0.15, 0.2) is 0 Å². The van der Waals surface area contributed by atoms with Gasteiger partial charge in [0.2, 0.25) is 0 Å². The largest absolute Gasteiger partial charge is 0.311 e. The van der Waals surface area contributed by atoms with Crippen molar-refractivity contribution in [1.82, 2.24) is 10.2 Å². The predicted octanol–water partition coefficient (Wildman–Crippen LogP) is 2.10. The number of fused-ring (bicyclic) bond motifs is 5. The summed E-state index contributed by atoms with van der Waals surface area (Å²) in [5, 5.41) is 3.66. The van der Waals surface area contributed by atoms with Gasteiger partial charge in [0.15, 0.2) is 0 Å². The van der Waals surface area contributed by atoms with Gasteiger partial charge in [-0.15, -0.1) is 0 Å². The molecule has 0 aromatic rings. The van der Waals surface area contributed by atoms with Crippen molar-refractivity contribution in [3.8, 4) is 0 Å². The van der Waals surface area contributed by atoms with Gasteiger partial charge in [0.1, 0.15) is 0 Å². The molecule has 0 aromatic carbocycles. The molecule has 0 radical (unpaired) electrons. The van der Waals surface area contributed by atoms with E-state index in [0.29, 0.717) is 6.04 Å². The molecule has 4 fully saturated rings. The van der Waals surface area contributed by atoms with Gasteiger partial charge in [-0.1, -0.05) is 6.92 Å². The Kier molecular flexibility index (Phi) is 2.36. The Hall–Kier alpha value is -0.0800. The van der Waals surface area contributed by atoms with Crippen molar-refractivity contribution in [2.24, 2.45) is 23.7 Å². The molecule has 2 heteroatoms. The Morgan fingerprint density at radius 1 is 1.18 bits per heavy atom. The first-order valence-electron chi connectivity index (χ1n) is 7.78. The maximum absolute atomic E-state index is 3.66. The van der Waals surface area contributed by atoms with Crippen molar-refractivity contribution >= 4 is 0 Å². The van der Waals surface area contributed by atoms with Crippen LogP contribution < -0.4 is 5.32 Å². The highest BCUT2D eigenvalue weighted by molar-refractivity contribution is 5.18. The molecule has 17 heavy (non-hydrogen) atoms. The summed E-state index contributed by atoms with van der Waals surface area (Å²) in [6.07, 6.45) is 6.02. The molecule has 2 bridgehead atoms. The standard InChI is InChI=1S/C15H26N2/c1-3-12-7-16-9(2)8-17(12)15-13-10-4-5-11(6-10)14(13)15/h9-16H,3-8H2,1-2H3. The summed E-state index contributed by atoms with van der Waals surface area (Å²) in [4.78, 5) is 2.90. The Labute approximate surface area is 105 Å². The zero-order valence-corrected chi connectivity index (χ0v) is 11.2. The molecule has 3 aliphatic carbocycles. The predicted molar refractivity (Wildman–Crippen MR) is 69.8 cm³/mol. The quantitative estimate of drug-likeness (QED) is 0.787. The molecule has 96 valence electrons. The third-order valence-electron chi connectivity index (χ3n) is 6.20. The average Bonchev–Trinajstić information content (AvgIpc) is 2.77. The van der Waals surface area contributed by atoms with Crippen molar-refractivity contribution in [3.05, 3.63) is 0 Å². The van der Waals surface area contributed by atoms with Crippen LogP contribution in [-0.2, 0) is 0 Å². The van der Waals surface area contributed by atoms with E-state index in [1.165, 1.54) is 19.5 Å². The molecule has 2 nitrogen and oxygen atoms in total. The van der Waals surface area contributed by atoms with Crippen molar-refractivity contribution in [2.75, 3.05) is 13.1 Å². The second kappa shape index (κ2) is 3.71. The van der Waals surface area contributed by atoms with Gasteiger partial charge in [-0.3, -0.25) is 4.90 Å². The van der Waals surface area contributed by atoms with Crippen molar-refractivity contribution in [1.29, 1.82) is 0 Å². The van der Waals surface area contributed by atoms with Crippen LogP contribution in [0.1, 0.15) is 39.5 Å². The van der Waals surface area contributed by atoms with Crippen LogP contribution in [0.3, 0.4) is 0 Å². The van der Waals surface area contributed by atoms with Gasteiger partial charge in [0.25, 0.3) is 0 Å². The van der Waals surface area contributed by atoms with E-state index in [2.05, 4.69) is 24.1 Å². The van der Waals surface area contributed by atoms with Crippen LogP contribution in [0.2, 0.25) is 0 Å². The Morgan fingerprint density at radius 2 is 1.88 bits per heavy atom. The minimum atomic E-state index is 0.705. The summed E-state index contributed by atoms with van der Waals surface area (Å²) in [5.41, 5.74) is 0. The fourth-order valence-electron chi connectivity index (χ4n) is 5.45. The first kappa shape index (κ1) is 10.8. The minimum absolute atomic E-state index is 0.705. The Morgan fingerprint density at radius 3 is 2.53 bits per heavy atom. The molecular weight excluding hydrogens is 208 g/mol. The molecule has 1 saturated heterocycles. The second-order valence-electron chi connectivity index (χ2n) is 7.05. The number of nitrogens with one attached hydrogen (secondary N) is 1. The zero-order valence-electron chi connectivity index (χ0n) is 11.2. The highest BCUT2D eigenvalue weighted by atomic mass is 15.3. The highest BCUT2D eigenvalue weighted by Gasteiger charge is 2.67. The fraction of sp³-hybridized carbons (Fsp3) is 1.00. The van der Waals surface area contributed by atoms with E-state index in [1.54, 1.807) is 19.3 Å². The minimum Gasteiger partial charge on any atom is -0.311 e. The third-order valence-corrected chi connectivity index (χ3v) is 6.20. The van der Waals surface area contributed by atoms with Gasteiger partial charge >= 0.3 is 0 Å². The van der Waals surface area contributed by atoms with Crippen LogP contribution in [0.25, 0.3) is 0 Å². The van der Waals surface area contributed by atoms with Gasteiger partial charge in [0, 0.05) is 31.2 Å². The smallest absolute Gasteiger partial charge is 0.0221 e. The van der Waals surface area contributed by atoms with E-state index in [0.717, 1.165) is 35.8 Å². The summed E-state index contributed by atoms with van der Waals surface area (Å²) in [6, 6.07) is 2.52. The molecule has 4 aliphatic rings. The molecule has 3 saturated carbocycles. The first-order valence-corrected chi connectivity index (χ1v) is 7.78. The molecule has 6 atom stereocenters. The van der Waals surface area contributed by atoms with E-state index in [9.17, 15) is 0 Å². The first-order chi connectivity index (χ1) is 8.29. The SMILES string of the molecule is CCC1CNC(C)CN1C1C2C3CCC(C3)C21. The van der Waals surface area contributed by atoms with Crippen molar-refractivity contribution in [2.45, 2.75) is 57.7 Å². The van der Waals surface area contributed by atoms with Gasteiger partial charge in [-0.05, 0) is 56.3 Å². The molecule has 6 unspecified atom stereocenters. The third kappa shape index (κ3) is 1.46. The normalized spacial score (nSPS) is 57.2. The topological polar surface area (TPSA) is 15.3 Å². The summed E-state index contributed by atoms with van der Waals surface area (Å²) >= 11 is 0. The van der Waals surface area contributed by atoms with Crippen LogP contribution in [0, 0.1) is 23.7 Å². The molecule has 1 aliphatic heterocycles. The van der Waals surface area contributed by atoms with Crippen LogP contribution in [-0.4, -0.2) is 36.1 Å². The lowest BCUT2D eigenvalue weighted by atomic mass is 10.0. The summed E-state index contributed by atoms with van der Waals surface area (Å²) in [6.45, 7) is 7.24. The zero-order chi connectivity index (χ0) is 11.6. The molecule has 1 heterocycles. The number of hydrogen-bond acceptors (Lipinski definition) is 2. The molecular formula is C15H26N2. The molecule has 0 amide bonds. The van der Waals surface area contributed by atoms with Crippen molar-refractivity contribution in [3.63, 3.8) is 0 Å². The van der Waals surface area contributed by atoms with Gasteiger partial charge < -0.3 is 5.32 Å². The van der Waals surface area contributed by atoms with E-state index in [1.807, 2.05) is 0 Å². The maximum Gasteiger partial charge on any atom is 0.0221 e. The van der Waals surface area contributed by atoms with Crippen LogP contribution in [0.5, 0.6) is 0 Å². The molecule has 0 spiro atoms. The van der Waals surface area contributed by atoms with E-state index >= 15 is 0 Å². The summed E-state index contributed by atoms with van der Waals surface area (Å²) < 4.78 is 0. The molecule has 4 rings (SSSR count). The van der Waals surface area contributed by atoms with Gasteiger partial charge in [-0.2, -0.15) is 0 Å². The Balaban J connectivity index is 1.51. The number of piperazine rings is 1. The fourth-order valence-corrected chi connectivity index (χ4v) is 5.45. The second-order valence-corrected chi connectivity index (χ2v) is 7.05. The van der Waals surface area contributed by atoms with Gasteiger partial charge in [-0.25, -0.2) is 0 Å². The van der Waals surface area contributed by atoms with Gasteiger partial charge in [0.05, 0.1) is 0 Å². The summed E-state index contributed by atoms with van der Waals surface area (Å²) in [7, 11) is 0. The monoisotopic (exact) mass is 234 g/mol. The highest BCUT2D eigenvalue weighted by Crippen LogP contribution is 2.67. The number of rotatable bonds is 2. The molecule has 1 N–H and O–H groups in total. The number of hydrogen-bond donors (Lipinski definition) is 1. The van der Waals surface area contributed by atoms with Crippen molar-refractivity contribution < 1.29 is 0 Å². The van der Waals surface area contributed by atoms with Crippen LogP contribution >= 0.6 is 0 Å². The van der Waals surface area contributed by atoms with E-state index in [-0.39, 0.29) is 0 Å². The lowest BCUT2D eigenvalue weighted by Gasteiger charge is -2.40. The maximum atomic E-state index is 3.66. The number of nitrogens with zero attached hydrogens (tertiary/aromatic N) is 1. The summed E-state index contributed by atoms with van der Waals surface area (Å²) in [5.74, 6) is 4.48. The Bertz CT molecular complexity index is 300. The van der Waals surface area contributed by atoms with E-state index in [4.69, 9.17) is 0 Å². The molecule has 0 aromatic heterocycles. The van der Waals surface area contributed by atoms with Crippen LogP contribution in [0.4, 0.5) is 0 Å². The lowest BCUT2D eigenvalue weighted by molar-refractivity contribution is 0.102.